The maximum atomic E-state index is 6.52. The molecule has 0 heterocycles. The summed E-state index contributed by atoms with van der Waals surface area (Å²) in [4.78, 5) is 0. The number of hydrogen-bond acceptors (Lipinski definition) is 2. The quantitative estimate of drug-likeness (QED) is 0.487. The van der Waals surface area contributed by atoms with Crippen LogP contribution in [0.3, 0.4) is 0 Å². The Morgan fingerprint density at radius 1 is 0.867 bits per heavy atom. The molecule has 0 spiro atoms. The normalized spacial score (nSPS) is 22.9. The molecule has 0 saturated heterocycles. The smallest absolute Gasteiger partial charge is 0.130 e. The molecule has 2 unspecified atom stereocenters. The Morgan fingerprint density at radius 2 is 1.57 bits per heavy atom. The minimum Gasteiger partial charge on any atom is -0.490 e. The highest BCUT2D eigenvalue weighted by molar-refractivity contribution is 5.82. The number of hydrogen-bond donors (Lipinski definition) is 0. The summed E-state index contributed by atoms with van der Waals surface area (Å²) in [5.74, 6) is 3.12. The molecular formula is C28H36O2. The molecule has 160 valence electrons. The van der Waals surface area contributed by atoms with E-state index in [-0.39, 0.29) is 12.2 Å². The summed E-state index contributed by atoms with van der Waals surface area (Å²) in [7, 11) is 0. The Balaban J connectivity index is 2.02. The van der Waals surface area contributed by atoms with Gasteiger partial charge >= 0.3 is 0 Å². The van der Waals surface area contributed by atoms with Gasteiger partial charge in [0, 0.05) is 11.1 Å². The van der Waals surface area contributed by atoms with E-state index in [1.54, 1.807) is 0 Å². The van der Waals surface area contributed by atoms with Crippen LogP contribution < -0.4 is 4.74 Å². The maximum absolute atomic E-state index is 6.52. The molecule has 30 heavy (non-hydrogen) atoms. The molecule has 0 radical (unpaired) electrons. The van der Waals surface area contributed by atoms with Crippen molar-refractivity contribution in [3.8, 4) is 5.75 Å². The molecule has 0 amide bonds. The molecule has 1 aromatic carbocycles. The van der Waals surface area contributed by atoms with Gasteiger partial charge in [0.1, 0.15) is 11.5 Å². The fourth-order valence-corrected chi connectivity index (χ4v) is 5.23. The van der Waals surface area contributed by atoms with Gasteiger partial charge in [-0.15, -0.1) is 0 Å². The summed E-state index contributed by atoms with van der Waals surface area (Å²) in [5.41, 5.74) is 8.07. The zero-order valence-corrected chi connectivity index (χ0v) is 19.4. The van der Waals surface area contributed by atoms with Crippen molar-refractivity contribution in [1.29, 1.82) is 0 Å². The van der Waals surface area contributed by atoms with Crippen molar-refractivity contribution >= 4 is 5.57 Å². The largest absolute Gasteiger partial charge is 0.490 e. The minimum absolute atomic E-state index is 0.136. The molecule has 0 N–H and O–H groups in total. The van der Waals surface area contributed by atoms with Crippen LogP contribution in [0.1, 0.15) is 69.7 Å². The van der Waals surface area contributed by atoms with Crippen molar-refractivity contribution < 1.29 is 9.47 Å². The van der Waals surface area contributed by atoms with Gasteiger partial charge in [-0.3, -0.25) is 0 Å². The fraction of sp³-hybridized carbons (Fsp3) is 0.500. The zero-order valence-electron chi connectivity index (χ0n) is 19.4. The van der Waals surface area contributed by atoms with Crippen molar-refractivity contribution in [2.24, 2.45) is 11.8 Å². The average molecular weight is 405 g/mol. The van der Waals surface area contributed by atoms with Gasteiger partial charge in [-0.25, -0.2) is 0 Å². The van der Waals surface area contributed by atoms with E-state index in [1.807, 2.05) is 0 Å². The second-order valence-corrected chi connectivity index (χ2v) is 9.55. The van der Waals surface area contributed by atoms with Crippen LogP contribution in [-0.4, -0.2) is 12.2 Å². The summed E-state index contributed by atoms with van der Waals surface area (Å²) in [6.07, 6.45) is 16.2. The van der Waals surface area contributed by atoms with Crippen molar-refractivity contribution in [1.82, 2.24) is 0 Å². The Kier molecular flexibility index (Phi) is 5.95. The number of ether oxygens (including phenoxy) is 2. The topological polar surface area (TPSA) is 18.5 Å². The second kappa shape index (κ2) is 8.49. The number of fused-ring (bicyclic) bond motifs is 2. The lowest BCUT2D eigenvalue weighted by molar-refractivity contribution is 0.151. The van der Waals surface area contributed by atoms with Gasteiger partial charge in [-0.2, -0.15) is 0 Å². The molecule has 2 atom stereocenters. The number of rotatable bonds is 5. The number of benzene rings is 1. The van der Waals surface area contributed by atoms with E-state index in [0.717, 1.165) is 37.2 Å². The van der Waals surface area contributed by atoms with E-state index >= 15 is 0 Å². The third-order valence-electron chi connectivity index (χ3n) is 6.39. The van der Waals surface area contributed by atoms with E-state index < -0.39 is 0 Å². The van der Waals surface area contributed by atoms with Crippen LogP contribution in [0.25, 0.3) is 5.57 Å². The van der Waals surface area contributed by atoms with E-state index in [2.05, 4.69) is 78.0 Å². The van der Waals surface area contributed by atoms with E-state index in [0.29, 0.717) is 11.8 Å². The van der Waals surface area contributed by atoms with Gasteiger partial charge in [-0.05, 0) is 101 Å². The first-order valence-corrected chi connectivity index (χ1v) is 11.6. The maximum Gasteiger partial charge on any atom is 0.130 e. The van der Waals surface area contributed by atoms with E-state index in [4.69, 9.17) is 9.47 Å². The van der Waals surface area contributed by atoms with Gasteiger partial charge in [0.15, 0.2) is 0 Å². The highest BCUT2D eigenvalue weighted by atomic mass is 16.5. The fourth-order valence-electron chi connectivity index (χ4n) is 5.23. The Hall–Kier alpha value is -2.22. The molecule has 2 heteroatoms. The predicted octanol–water partition coefficient (Wildman–Crippen LogP) is 7.12. The van der Waals surface area contributed by atoms with Crippen molar-refractivity contribution in [3.05, 3.63) is 70.0 Å². The summed E-state index contributed by atoms with van der Waals surface area (Å²) in [5, 5.41) is 0. The predicted molar refractivity (Wildman–Crippen MR) is 126 cm³/mol. The van der Waals surface area contributed by atoms with Gasteiger partial charge < -0.3 is 9.47 Å². The second-order valence-electron chi connectivity index (χ2n) is 9.55. The lowest BCUT2D eigenvalue weighted by Crippen LogP contribution is -2.26. The highest BCUT2D eigenvalue weighted by Crippen LogP contribution is 2.50. The third kappa shape index (κ3) is 3.89. The van der Waals surface area contributed by atoms with Crippen LogP contribution in [-0.2, 0) is 17.6 Å². The monoisotopic (exact) mass is 404 g/mol. The van der Waals surface area contributed by atoms with Crippen LogP contribution in [0.5, 0.6) is 5.75 Å². The van der Waals surface area contributed by atoms with Crippen LogP contribution in [0, 0.1) is 18.8 Å². The average Bonchev–Trinajstić information content (AvgIpc) is 2.69. The standard InChI is InChI=1S/C28H36O2/c1-17(2)29-27-19(5)15-21-11-7-9-13-23(21)25(27)26-24-14-10-8-12-22(24)16-20(6)28(26)30-18(3)4/h7-10,15-18,21,23H,11-14H2,1-6H3. The van der Waals surface area contributed by atoms with E-state index in [9.17, 15) is 0 Å². The van der Waals surface area contributed by atoms with Gasteiger partial charge in [-0.1, -0.05) is 36.4 Å². The Labute approximate surface area is 182 Å². The van der Waals surface area contributed by atoms with Crippen molar-refractivity contribution in [2.45, 2.75) is 79.4 Å². The van der Waals surface area contributed by atoms with Gasteiger partial charge in [0.25, 0.3) is 0 Å². The lowest BCUT2D eigenvalue weighted by Gasteiger charge is -2.38. The van der Waals surface area contributed by atoms with Crippen LogP contribution in [0.2, 0.25) is 0 Å². The van der Waals surface area contributed by atoms with Crippen LogP contribution in [0.4, 0.5) is 0 Å². The SMILES string of the molecule is CC1=CC2CC=CCC2C(c2c3c(cc(C)c2OC(C)C)CC=CC3)=C1OC(C)C. The van der Waals surface area contributed by atoms with Crippen LogP contribution >= 0.6 is 0 Å². The summed E-state index contributed by atoms with van der Waals surface area (Å²) >= 11 is 0. The molecule has 3 aliphatic rings. The number of aryl methyl sites for hydroxylation is 1. The lowest BCUT2D eigenvalue weighted by atomic mass is 9.69. The highest BCUT2D eigenvalue weighted by Gasteiger charge is 2.36. The molecule has 0 fully saturated rings. The molecule has 0 aromatic heterocycles. The Bertz CT molecular complexity index is 940. The third-order valence-corrected chi connectivity index (χ3v) is 6.39. The first-order valence-electron chi connectivity index (χ1n) is 11.6. The molecule has 0 saturated carbocycles. The number of allylic oxidation sites excluding steroid dienone is 7. The first kappa shape index (κ1) is 21.0. The molecule has 1 aromatic rings. The summed E-state index contributed by atoms with van der Waals surface area (Å²) in [6, 6.07) is 2.34. The van der Waals surface area contributed by atoms with Crippen molar-refractivity contribution in [3.63, 3.8) is 0 Å². The molecule has 3 aliphatic carbocycles. The first-order chi connectivity index (χ1) is 14.4. The molecule has 2 nitrogen and oxygen atoms in total. The van der Waals surface area contributed by atoms with Crippen LogP contribution in [0.15, 0.2) is 47.8 Å². The summed E-state index contributed by atoms with van der Waals surface area (Å²) in [6.45, 7) is 12.9. The molecular weight excluding hydrogens is 368 g/mol. The molecule has 4 rings (SSSR count). The van der Waals surface area contributed by atoms with Crippen molar-refractivity contribution in [2.75, 3.05) is 0 Å². The van der Waals surface area contributed by atoms with E-state index in [1.165, 1.54) is 33.4 Å². The zero-order chi connectivity index (χ0) is 21.4. The minimum atomic E-state index is 0.136. The summed E-state index contributed by atoms with van der Waals surface area (Å²) < 4.78 is 13.0. The molecule has 0 aliphatic heterocycles. The molecule has 0 bridgehead atoms. The Morgan fingerprint density at radius 3 is 2.30 bits per heavy atom. The van der Waals surface area contributed by atoms with Gasteiger partial charge in [0.05, 0.1) is 12.2 Å². The van der Waals surface area contributed by atoms with Gasteiger partial charge in [0.2, 0.25) is 0 Å².